The van der Waals surface area contributed by atoms with Crippen LogP contribution in [0.3, 0.4) is 0 Å². The van der Waals surface area contributed by atoms with Crippen molar-refractivity contribution in [1.29, 1.82) is 0 Å². The topological polar surface area (TPSA) is 75.6 Å². The molecule has 0 saturated carbocycles. The number of benzene rings is 2. The second kappa shape index (κ2) is 5.77. The Balaban J connectivity index is 1.50. The average Bonchev–Trinajstić information content (AvgIpc) is 3.34. The van der Waals surface area contributed by atoms with Gasteiger partial charge in [-0.1, -0.05) is 15.9 Å². The molecule has 130 valence electrons. The van der Waals surface area contributed by atoms with Gasteiger partial charge in [0, 0.05) is 10.0 Å². The Kier molecular flexibility index (Phi) is 3.39. The summed E-state index contributed by atoms with van der Waals surface area (Å²) in [6.45, 7) is 0.352. The van der Waals surface area contributed by atoms with E-state index < -0.39 is 5.97 Å². The zero-order chi connectivity index (χ0) is 17.7. The number of carbonyl (C=O) groups is 1. The first kappa shape index (κ1) is 15.3. The SMILES string of the molecule is O=C1OC(c2ccc3c(c2)OCO3)=NC1=Cc1cc2c(cc1Br)OCO2. The summed E-state index contributed by atoms with van der Waals surface area (Å²) in [7, 11) is 0. The van der Waals surface area contributed by atoms with Gasteiger partial charge in [-0.2, -0.15) is 0 Å². The lowest BCUT2D eigenvalue weighted by Crippen LogP contribution is -2.05. The fourth-order valence-electron chi connectivity index (χ4n) is 2.75. The van der Waals surface area contributed by atoms with Gasteiger partial charge in [0.2, 0.25) is 19.5 Å². The molecule has 5 rings (SSSR count). The first-order valence-electron chi connectivity index (χ1n) is 7.69. The standard InChI is InChI=1S/C18H10BrNO6/c19-11-6-16-15(24-8-25-16)5-10(11)3-12-18(21)26-17(20-12)9-1-2-13-14(4-9)23-7-22-13/h1-6H,7-8H2. The van der Waals surface area contributed by atoms with E-state index in [1.165, 1.54) is 0 Å². The Morgan fingerprint density at radius 1 is 0.923 bits per heavy atom. The van der Waals surface area contributed by atoms with Crippen molar-refractivity contribution in [3.63, 3.8) is 0 Å². The van der Waals surface area contributed by atoms with Crippen molar-refractivity contribution in [1.82, 2.24) is 0 Å². The number of rotatable bonds is 2. The number of cyclic esters (lactones) is 1. The summed E-state index contributed by atoms with van der Waals surface area (Å²) >= 11 is 3.46. The molecule has 26 heavy (non-hydrogen) atoms. The summed E-state index contributed by atoms with van der Waals surface area (Å²) < 4.78 is 27.4. The number of esters is 1. The van der Waals surface area contributed by atoms with Gasteiger partial charge in [0.1, 0.15) is 0 Å². The second-order valence-electron chi connectivity index (χ2n) is 5.63. The van der Waals surface area contributed by atoms with Gasteiger partial charge >= 0.3 is 5.97 Å². The number of aliphatic imine (C=N–C) groups is 1. The molecule has 2 aromatic carbocycles. The normalized spacial score (nSPS) is 18.3. The highest BCUT2D eigenvalue weighted by Crippen LogP contribution is 2.38. The minimum atomic E-state index is -0.526. The minimum Gasteiger partial charge on any atom is -0.454 e. The van der Waals surface area contributed by atoms with Gasteiger partial charge in [0.05, 0.1) is 0 Å². The van der Waals surface area contributed by atoms with Crippen LogP contribution in [0.2, 0.25) is 0 Å². The fourth-order valence-corrected chi connectivity index (χ4v) is 3.19. The van der Waals surface area contributed by atoms with Gasteiger partial charge in [-0.05, 0) is 42.0 Å². The summed E-state index contributed by atoms with van der Waals surface area (Å²) in [6.07, 6.45) is 1.63. The molecule has 0 bridgehead atoms. The molecule has 0 radical (unpaired) electrons. The predicted molar refractivity (Wildman–Crippen MR) is 93.4 cm³/mol. The highest BCUT2D eigenvalue weighted by molar-refractivity contribution is 9.10. The molecule has 3 aliphatic rings. The fraction of sp³-hybridized carbons (Fsp3) is 0.111. The van der Waals surface area contributed by atoms with E-state index in [-0.39, 0.29) is 25.2 Å². The van der Waals surface area contributed by atoms with Gasteiger partial charge in [-0.25, -0.2) is 9.79 Å². The van der Waals surface area contributed by atoms with Crippen molar-refractivity contribution in [2.45, 2.75) is 0 Å². The van der Waals surface area contributed by atoms with Crippen molar-refractivity contribution >= 4 is 33.9 Å². The minimum absolute atomic E-state index is 0.175. The summed E-state index contributed by atoms with van der Waals surface area (Å²) in [5.74, 6) is 2.21. The second-order valence-corrected chi connectivity index (χ2v) is 6.49. The first-order chi connectivity index (χ1) is 12.7. The van der Waals surface area contributed by atoms with Crippen LogP contribution < -0.4 is 18.9 Å². The Labute approximate surface area is 155 Å². The third-order valence-corrected chi connectivity index (χ3v) is 4.71. The predicted octanol–water partition coefficient (Wildman–Crippen LogP) is 3.25. The zero-order valence-electron chi connectivity index (χ0n) is 13.2. The number of hydrogen-bond acceptors (Lipinski definition) is 7. The van der Waals surface area contributed by atoms with Gasteiger partial charge < -0.3 is 23.7 Å². The number of hydrogen-bond donors (Lipinski definition) is 0. The zero-order valence-corrected chi connectivity index (χ0v) is 14.7. The molecule has 0 saturated heterocycles. The highest BCUT2D eigenvalue weighted by atomic mass is 79.9. The van der Waals surface area contributed by atoms with Crippen molar-refractivity contribution in [2.75, 3.05) is 13.6 Å². The molecule has 0 fully saturated rings. The third kappa shape index (κ3) is 2.50. The smallest absolute Gasteiger partial charge is 0.363 e. The van der Waals surface area contributed by atoms with Gasteiger partial charge in [0.25, 0.3) is 0 Å². The largest absolute Gasteiger partial charge is 0.454 e. The lowest BCUT2D eigenvalue weighted by atomic mass is 10.1. The Bertz CT molecular complexity index is 1010. The molecule has 0 spiro atoms. The van der Waals surface area contributed by atoms with Gasteiger partial charge in [-0.15, -0.1) is 0 Å². The lowest BCUT2D eigenvalue weighted by molar-refractivity contribution is -0.129. The molecule has 0 aliphatic carbocycles. The number of halogens is 1. The van der Waals surface area contributed by atoms with E-state index >= 15 is 0 Å². The third-order valence-electron chi connectivity index (χ3n) is 4.02. The van der Waals surface area contributed by atoms with Crippen LogP contribution in [0.15, 0.2) is 45.5 Å². The van der Waals surface area contributed by atoms with E-state index in [0.717, 1.165) is 10.0 Å². The molecule has 2 aromatic rings. The van der Waals surface area contributed by atoms with E-state index in [4.69, 9.17) is 23.7 Å². The van der Waals surface area contributed by atoms with Crippen LogP contribution in [-0.4, -0.2) is 25.5 Å². The molecule has 0 aromatic heterocycles. The number of ether oxygens (including phenoxy) is 5. The number of carbonyl (C=O) groups excluding carboxylic acids is 1. The van der Waals surface area contributed by atoms with Crippen LogP contribution in [0.4, 0.5) is 0 Å². The molecular formula is C18H10BrNO6. The van der Waals surface area contributed by atoms with E-state index in [2.05, 4.69) is 20.9 Å². The maximum absolute atomic E-state index is 12.2. The average molecular weight is 416 g/mol. The van der Waals surface area contributed by atoms with Crippen LogP contribution in [0.1, 0.15) is 11.1 Å². The summed E-state index contributed by atoms with van der Waals surface area (Å²) in [4.78, 5) is 16.5. The molecule has 8 heteroatoms. The van der Waals surface area contributed by atoms with Crippen molar-refractivity contribution in [2.24, 2.45) is 4.99 Å². The number of nitrogens with zero attached hydrogens (tertiary/aromatic N) is 1. The monoisotopic (exact) mass is 415 g/mol. The van der Waals surface area contributed by atoms with Crippen molar-refractivity contribution in [3.8, 4) is 23.0 Å². The van der Waals surface area contributed by atoms with E-state index in [9.17, 15) is 4.79 Å². The summed E-state index contributed by atoms with van der Waals surface area (Å²) in [5.41, 5.74) is 1.56. The van der Waals surface area contributed by atoms with Crippen LogP contribution in [-0.2, 0) is 9.53 Å². The van der Waals surface area contributed by atoms with E-state index in [0.29, 0.717) is 28.6 Å². The molecule has 0 unspecified atom stereocenters. The number of fused-ring (bicyclic) bond motifs is 2. The van der Waals surface area contributed by atoms with Crippen LogP contribution in [0.5, 0.6) is 23.0 Å². The molecule has 3 aliphatic heterocycles. The van der Waals surface area contributed by atoms with Crippen LogP contribution in [0, 0.1) is 0 Å². The molecule has 0 atom stereocenters. The molecule has 7 nitrogen and oxygen atoms in total. The Morgan fingerprint density at radius 2 is 1.62 bits per heavy atom. The van der Waals surface area contributed by atoms with Crippen molar-refractivity contribution in [3.05, 3.63) is 51.6 Å². The Morgan fingerprint density at radius 3 is 2.42 bits per heavy atom. The van der Waals surface area contributed by atoms with Crippen LogP contribution in [0.25, 0.3) is 6.08 Å². The first-order valence-corrected chi connectivity index (χ1v) is 8.48. The van der Waals surface area contributed by atoms with Gasteiger partial charge in [0.15, 0.2) is 28.7 Å². The summed E-state index contributed by atoms with van der Waals surface area (Å²) in [6, 6.07) is 8.81. The summed E-state index contributed by atoms with van der Waals surface area (Å²) in [5, 5.41) is 0. The molecule has 0 N–H and O–H groups in total. The maximum atomic E-state index is 12.2. The highest BCUT2D eigenvalue weighted by Gasteiger charge is 2.26. The quantitative estimate of drug-likeness (QED) is 0.553. The molecule has 3 heterocycles. The molecule has 0 amide bonds. The maximum Gasteiger partial charge on any atom is 0.363 e. The van der Waals surface area contributed by atoms with Gasteiger partial charge in [-0.3, -0.25) is 0 Å². The Hall–Kier alpha value is -3.00. The lowest BCUT2D eigenvalue weighted by Gasteiger charge is -2.02. The van der Waals surface area contributed by atoms with Crippen LogP contribution >= 0.6 is 15.9 Å². The van der Waals surface area contributed by atoms with E-state index in [1.54, 1.807) is 36.4 Å². The molecular weight excluding hydrogens is 406 g/mol. The van der Waals surface area contributed by atoms with E-state index in [1.807, 2.05) is 0 Å². The van der Waals surface area contributed by atoms with Crippen molar-refractivity contribution < 1.29 is 28.5 Å².